The number of carboxylic acids is 1. The normalized spacial score (nSPS) is 16.3. The Hall–Kier alpha value is -1.40. The zero-order chi connectivity index (χ0) is 13.3. The van der Waals surface area contributed by atoms with Crippen molar-refractivity contribution in [2.45, 2.75) is 30.2 Å². The minimum atomic E-state index is -3.63. The molecule has 0 fully saturated rings. The maximum atomic E-state index is 12.0. The van der Waals surface area contributed by atoms with Crippen molar-refractivity contribution in [2.75, 3.05) is 5.75 Å². The Bertz CT molecular complexity index is 580. The van der Waals surface area contributed by atoms with Gasteiger partial charge in [0.15, 0.2) is 9.84 Å². The van der Waals surface area contributed by atoms with Crippen LogP contribution in [0.1, 0.15) is 17.5 Å². The summed E-state index contributed by atoms with van der Waals surface area (Å²) in [5.41, 5.74) is 7.49. The molecule has 0 aliphatic heterocycles. The molecule has 18 heavy (non-hydrogen) atoms. The number of rotatable bonds is 4. The zero-order valence-corrected chi connectivity index (χ0v) is 10.6. The number of carboxylic acid groups (broad SMARTS) is 1. The highest BCUT2D eigenvalue weighted by atomic mass is 32.2. The second-order valence-corrected chi connectivity index (χ2v) is 6.54. The molecule has 0 heterocycles. The third-order valence-corrected chi connectivity index (χ3v) is 4.92. The van der Waals surface area contributed by atoms with Gasteiger partial charge in [-0.3, -0.25) is 4.79 Å². The largest absolute Gasteiger partial charge is 0.480 e. The third-order valence-electron chi connectivity index (χ3n) is 3.15. The molecular formula is C12H15NO4S. The Kier molecular flexibility index (Phi) is 3.41. The lowest BCUT2D eigenvalue weighted by Gasteiger charge is -2.09. The van der Waals surface area contributed by atoms with Crippen LogP contribution < -0.4 is 5.73 Å². The van der Waals surface area contributed by atoms with Crippen molar-refractivity contribution < 1.29 is 18.3 Å². The second-order valence-electron chi connectivity index (χ2n) is 4.51. The number of hydrogen-bond donors (Lipinski definition) is 2. The van der Waals surface area contributed by atoms with Gasteiger partial charge in [0.05, 0.1) is 10.6 Å². The van der Waals surface area contributed by atoms with Gasteiger partial charge in [0, 0.05) is 0 Å². The van der Waals surface area contributed by atoms with Gasteiger partial charge in [-0.2, -0.15) is 0 Å². The number of aliphatic carboxylic acids is 1. The van der Waals surface area contributed by atoms with Gasteiger partial charge in [-0.1, -0.05) is 6.07 Å². The SMILES string of the molecule is NC(CS(=O)(=O)c1ccc2c(c1)CCC2)C(=O)O. The summed E-state index contributed by atoms with van der Waals surface area (Å²) in [6, 6.07) is 3.60. The summed E-state index contributed by atoms with van der Waals surface area (Å²) in [6.07, 6.45) is 2.89. The summed E-state index contributed by atoms with van der Waals surface area (Å²) >= 11 is 0. The maximum Gasteiger partial charge on any atom is 0.321 e. The van der Waals surface area contributed by atoms with Gasteiger partial charge in [-0.05, 0) is 42.5 Å². The van der Waals surface area contributed by atoms with E-state index in [9.17, 15) is 13.2 Å². The van der Waals surface area contributed by atoms with Crippen molar-refractivity contribution in [3.05, 3.63) is 29.3 Å². The highest BCUT2D eigenvalue weighted by Gasteiger charge is 2.24. The van der Waals surface area contributed by atoms with Crippen LogP contribution in [-0.2, 0) is 27.5 Å². The molecule has 1 aliphatic carbocycles. The van der Waals surface area contributed by atoms with Crippen LogP contribution >= 0.6 is 0 Å². The first kappa shape index (κ1) is 13.0. The van der Waals surface area contributed by atoms with Crippen LogP contribution in [0, 0.1) is 0 Å². The summed E-state index contributed by atoms with van der Waals surface area (Å²) < 4.78 is 24.0. The molecule has 1 unspecified atom stereocenters. The molecular weight excluding hydrogens is 254 g/mol. The average Bonchev–Trinajstić information content (AvgIpc) is 2.74. The van der Waals surface area contributed by atoms with Gasteiger partial charge in [-0.15, -0.1) is 0 Å². The molecule has 0 saturated heterocycles. The van der Waals surface area contributed by atoms with Crippen molar-refractivity contribution in [1.82, 2.24) is 0 Å². The molecule has 2 rings (SSSR count). The third kappa shape index (κ3) is 2.54. The molecule has 0 saturated carbocycles. The molecule has 0 spiro atoms. The number of sulfone groups is 1. The zero-order valence-electron chi connectivity index (χ0n) is 9.80. The first-order valence-electron chi connectivity index (χ1n) is 5.73. The molecule has 3 N–H and O–H groups in total. The van der Waals surface area contributed by atoms with Crippen LogP contribution in [-0.4, -0.2) is 31.3 Å². The molecule has 0 radical (unpaired) electrons. The van der Waals surface area contributed by atoms with E-state index >= 15 is 0 Å². The fourth-order valence-corrected chi connectivity index (χ4v) is 3.55. The predicted molar refractivity (Wildman–Crippen MR) is 66.1 cm³/mol. The molecule has 0 bridgehead atoms. The Morgan fingerprint density at radius 3 is 2.67 bits per heavy atom. The lowest BCUT2D eigenvalue weighted by molar-refractivity contribution is -0.137. The van der Waals surface area contributed by atoms with Gasteiger partial charge in [0.2, 0.25) is 0 Å². The number of nitrogens with two attached hydrogens (primary N) is 1. The number of benzene rings is 1. The van der Waals surface area contributed by atoms with Crippen LogP contribution in [0.5, 0.6) is 0 Å². The van der Waals surface area contributed by atoms with Gasteiger partial charge in [0.1, 0.15) is 6.04 Å². The Morgan fingerprint density at radius 2 is 2.00 bits per heavy atom. The van der Waals surface area contributed by atoms with E-state index in [4.69, 9.17) is 10.8 Å². The summed E-state index contributed by atoms with van der Waals surface area (Å²) in [4.78, 5) is 10.8. The van der Waals surface area contributed by atoms with Crippen molar-refractivity contribution >= 4 is 15.8 Å². The maximum absolute atomic E-state index is 12.0. The first-order valence-corrected chi connectivity index (χ1v) is 7.38. The van der Waals surface area contributed by atoms with E-state index < -0.39 is 27.6 Å². The second kappa shape index (κ2) is 4.70. The van der Waals surface area contributed by atoms with Crippen LogP contribution in [0.25, 0.3) is 0 Å². The molecule has 98 valence electrons. The Balaban J connectivity index is 2.28. The van der Waals surface area contributed by atoms with E-state index in [1.54, 1.807) is 6.07 Å². The van der Waals surface area contributed by atoms with E-state index in [-0.39, 0.29) is 4.90 Å². The predicted octanol–water partition coefficient (Wildman–Crippen LogP) is 0.361. The molecule has 6 heteroatoms. The smallest absolute Gasteiger partial charge is 0.321 e. The van der Waals surface area contributed by atoms with E-state index in [0.29, 0.717) is 0 Å². The molecule has 1 aromatic carbocycles. The van der Waals surface area contributed by atoms with Crippen LogP contribution in [0.3, 0.4) is 0 Å². The van der Waals surface area contributed by atoms with E-state index in [1.165, 1.54) is 11.6 Å². The topological polar surface area (TPSA) is 97.5 Å². The van der Waals surface area contributed by atoms with Crippen molar-refractivity contribution in [2.24, 2.45) is 5.73 Å². The lowest BCUT2D eigenvalue weighted by atomic mass is 10.1. The highest BCUT2D eigenvalue weighted by molar-refractivity contribution is 7.91. The number of carbonyl (C=O) groups is 1. The Morgan fingerprint density at radius 1 is 1.33 bits per heavy atom. The van der Waals surface area contributed by atoms with Crippen molar-refractivity contribution in [3.8, 4) is 0 Å². The monoisotopic (exact) mass is 269 g/mol. The van der Waals surface area contributed by atoms with Gasteiger partial charge < -0.3 is 10.8 Å². The van der Waals surface area contributed by atoms with Crippen molar-refractivity contribution in [3.63, 3.8) is 0 Å². The number of hydrogen-bond acceptors (Lipinski definition) is 4. The lowest BCUT2D eigenvalue weighted by Crippen LogP contribution is -2.37. The molecule has 1 aliphatic rings. The average molecular weight is 269 g/mol. The fourth-order valence-electron chi connectivity index (χ4n) is 2.15. The number of aryl methyl sites for hydroxylation is 2. The minimum Gasteiger partial charge on any atom is -0.480 e. The summed E-state index contributed by atoms with van der Waals surface area (Å²) in [6.45, 7) is 0. The number of fused-ring (bicyclic) bond motifs is 1. The Labute approximate surface area is 106 Å². The van der Waals surface area contributed by atoms with Crippen molar-refractivity contribution in [1.29, 1.82) is 0 Å². The summed E-state index contributed by atoms with van der Waals surface area (Å²) in [7, 11) is -3.63. The van der Waals surface area contributed by atoms with Crippen LogP contribution in [0.15, 0.2) is 23.1 Å². The van der Waals surface area contributed by atoms with E-state index in [2.05, 4.69) is 0 Å². The van der Waals surface area contributed by atoms with E-state index in [0.717, 1.165) is 24.8 Å². The summed E-state index contributed by atoms with van der Waals surface area (Å²) in [5, 5.41) is 8.66. The molecule has 0 amide bonds. The first-order chi connectivity index (χ1) is 8.40. The van der Waals surface area contributed by atoms with Gasteiger partial charge >= 0.3 is 5.97 Å². The van der Waals surface area contributed by atoms with Gasteiger partial charge in [-0.25, -0.2) is 8.42 Å². The highest BCUT2D eigenvalue weighted by Crippen LogP contribution is 2.25. The molecule has 1 aromatic rings. The molecule has 5 nitrogen and oxygen atoms in total. The van der Waals surface area contributed by atoms with Gasteiger partial charge in [0.25, 0.3) is 0 Å². The van der Waals surface area contributed by atoms with Crippen LogP contribution in [0.4, 0.5) is 0 Å². The fraction of sp³-hybridized carbons (Fsp3) is 0.417. The quantitative estimate of drug-likeness (QED) is 0.822. The molecule has 0 aromatic heterocycles. The summed E-state index contributed by atoms with van der Waals surface area (Å²) in [5.74, 6) is -1.87. The molecule has 1 atom stereocenters. The minimum absolute atomic E-state index is 0.167. The van der Waals surface area contributed by atoms with Crippen LogP contribution in [0.2, 0.25) is 0 Å². The standard InChI is InChI=1S/C12H15NO4S/c13-11(12(14)15)7-18(16,17)10-5-4-8-2-1-3-9(8)6-10/h4-6,11H,1-3,7,13H2,(H,14,15). The van der Waals surface area contributed by atoms with E-state index in [1.807, 2.05) is 6.07 Å².